The van der Waals surface area contributed by atoms with Gasteiger partial charge in [0, 0.05) is 12.5 Å². The Morgan fingerprint density at radius 3 is 2.24 bits per heavy atom. The van der Waals surface area contributed by atoms with Crippen LogP contribution in [0.2, 0.25) is 0 Å². The summed E-state index contributed by atoms with van der Waals surface area (Å²) in [6.07, 6.45) is 5.67. The van der Waals surface area contributed by atoms with Crippen molar-refractivity contribution in [3.8, 4) is 0 Å². The smallest absolute Gasteiger partial charge is 0.181 e. The maximum absolute atomic E-state index is 11.7. The Balaban J connectivity index is 1.87. The van der Waals surface area contributed by atoms with Crippen LogP contribution in [0.25, 0.3) is 6.08 Å². The summed E-state index contributed by atoms with van der Waals surface area (Å²) in [4.78, 5) is 11.7. The topological polar surface area (TPSA) is 37.3 Å². The highest BCUT2D eigenvalue weighted by Crippen LogP contribution is 2.07. The molecule has 0 aliphatic heterocycles. The molecule has 1 N–H and O–H groups in total. The largest absolute Gasteiger partial charge is 0.512 e. The second kappa shape index (κ2) is 7.85. The van der Waals surface area contributed by atoms with Gasteiger partial charge >= 0.3 is 0 Å². The van der Waals surface area contributed by atoms with Crippen molar-refractivity contribution in [2.45, 2.75) is 12.8 Å². The zero-order valence-corrected chi connectivity index (χ0v) is 11.8. The summed E-state index contributed by atoms with van der Waals surface area (Å²) in [5.74, 6) is -0.0917. The minimum absolute atomic E-state index is 0.113. The number of aliphatic hydroxyl groups is 1. The van der Waals surface area contributed by atoms with Gasteiger partial charge in [0.1, 0.15) is 0 Å². The minimum atomic E-state index is -0.204. The highest BCUT2D eigenvalue weighted by Gasteiger charge is 1.99. The van der Waals surface area contributed by atoms with E-state index in [1.807, 2.05) is 60.7 Å². The van der Waals surface area contributed by atoms with E-state index in [1.165, 1.54) is 12.2 Å². The number of carbonyl (C=O) groups is 1. The standard InChI is InChI=1S/C19H18O2/c20-18(13-11-16-7-3-1-4-8-16)15-19(21)14-12-17-9-5-2-6-10-17/h1-11,13,15,21H,12,14H2/b13-11+,19-15-. The molecule has 106 valence electrons. The maximum atomic E-state index is 11.7. The number of hydrogen-bond donors (Lipinski definition) is 1. The molecule has 0 bridgehead atoms. The predicted octanol–water partition coefficient (Wildman–Crippen LogP) is 4.34. The predicted molar refractivity (Wildman–Crippen MR) is 86.0 cm³/mol. The first-order valence-corrected chi connectivity index (χ1v) is 6.94. The fourth-order valence-electron chi connectivity index (χ4n) is 1.94. The lowest BCUT2D eigenvalue weighted by atomic mass is 10.1. The van der Waals surface area contributed by atoms with Crippen molar-refractivity contribution in [1.82, 2.24) is 0 Å². The minimum Gasteiger partial charge on any atom is -0.512 e. The van der Waals surface area contributed by atoms with E-state index in [0.717, 1.165) is 17.5 Å². The summed E-state index contributed by atoms with van der Waals surface area (Å²) in [6, 6.07) is 19.5. The van der Waals surface area contributed by atoms with Gasteiger partial charge < -0.3 is 5.11 Å². The molecule has 21 heavy (non-hydrogen) atoms. The molecule has 0 spiro atoms. The first-order chi connectivity index (χ1) is 10.2. The quantitative estimate of drug-likeness (QED) is 0.630. The first-order valence-electron chi connectivity index (χ1n) is 6.94. The molecular weight excluding hydrogens is 260 g/mol. The number of benzene rings is 2. The summed E-state index contributed by atoms with van der Waals surface area (Å²) in [5, 5.41) is 9.78. The summed E-state index contributed by atoms with van der Waals surface area (Å²) < 4.78 is 0. The van der Waals surface area contributed by atoms with Crippen LogP contribution in [0.15, 0.2) is 78.6 Å². The average molecular weight is 278 g/mol. The molecule has 2 aromatic rings. The van der Waals surface area contributed by atoms with Crippen molar-refractivity contribution < 1.29 is 9.90 Å². The van der Waals surface area contributed by atoms with Crippen molar-refractivity contribution in [3.63, 3.8) is 0 Å². The number of ketones is 1. The third-order valence-corrected chi connectivity index (χ3v) is 3.06. The van der Waals surface area contributed by atoms with Gasteiger partial charge in [-0.15, -0.1) is 0 Å². The second-order valence-corrected chi connectivity index (χ2v) is 4.77. The molecule has 2 heteroatoms. The van der Waals surface area contributed by atoms with Crippen LogP contribution >= 0.6 is 0 Å². The lowest BCUT2D eigenvalue weighted by Gasteiger charge is -2.00. The van der Waals surface area contributed by atoms with Gasteiger partial charge in [-0.05, 0) is 23.6 Å². The van der Waals surface area contributed by atoms with Crippen LogP contribution in [0.3, 0.4) is 0 Å². The monoisotopic (exact) mass is 278 g/mol. The van der Waals surface area contributed by atoms with Crippen LogP contribution < -0.4 is 0 Å². The molecule has 2 aromatic carbocycles. The summed E-state index contributed by atoms with van der Waals surface area (Å²) in [6.45, 7) is 0. The van der Waals surface area contributed by atoms with Crippen LogP contribution in [0.5, 0.6) is 0 Å². The van der Waals surface area contributed by atoms with Gasteiger partial charge in [-0.1, -0.05) is 66.7 Å². The van der Waals surface area contributed by atoms with E-state index in [0.29, 0.717) is 6.42 Å². The van der Waals surface area contributed by atoms with Crippen molar-refractivity contribution in [3.05, 3.63) is 89.7 Å². The molecule has 0 aliphatic carbocycles. The zero-order chi connectivity index (χ0) is 14.9. The zero-order valence-electron chi connectivity index (χ0n) is 11.8. The number of rotatable bonds is 6. The fourth-order valence-corrected chi connectivity index (χ4v) is 1.94. The van der Waals surface area contributed by atoms with Gasteiger partial charge in [-0.25, -0.2) is 0 Å². The highest BCUT2D eigenvalue weighted by atomic mass is 16.3. The Labute approximate surface area is 125 Å². The van der Waals surface area contributed by atoms with E-state index in [4.69, 9.17) is 0 Å². The summed E-state index contributed by atoms with van der Waals surface area (Å²) in [5.41, 5.74) is 2.10. The molecule has 0 aromatic heterocycles. The maximum Gasteiger partial charge on any atom is 0.181 e. The summed E-state index contributed by atoms with van der Waals surface area (Å²) in [7, 11) is 0. The first kappa shape index (κ1) is 14.8. The van der Waals surface area contributed by atoms with E-state index in [1.54, 1.807) is 6.08 Å². The molecular formula is C19H18O2. The third-order valence-electron chi connectivity index (χ3n) is 3.06. The summed E-state index contributed by atoms with van der Waals surface area (Å²) >= 11 is 0. The normalized spacial score (nSPS) is 11.7. The van der Waals surface area contributed by atoms with E-state index < -0.39 is 0 Å². The molecule has 0 unspecified atom stereocenters. The Morgan fingerprint density at radius 2 is 1.57 bits per heavy atom. The van der Waals surface area contributed by atoms with E-state index in [-0.39, 0.29) is 11.5 Å². The van der Waals surface area contributed by atoms with Crippen molar-refractivity contribution in [1.29, 1.82) is 0 Å². The molecule has 0 fully saturated rings. The van der Waals surface area contributed by atoms with Crippen molar-refractivity contribution in [2.75, 3.05) is 0 Å². The fraction of sp³-hybridized carbons (Fsp3) is 0.105. The molecule has 0 saturated carbocycles. The molecule has 0 aliphatic rings. The van der Waals surface area contributed by atoms with Crippen LogP contribution in [0.1, 0.15) is 17.5 Å². The Hall–Kier alpha value is -2.61. The van der Waals surface area contributed by atoms with Gasteiger partial charge in [-0.3, -0.25) is 4.79 Å². The molecule has 2 rings (SSSR count). The number of hydrogen-bond acceptors (Lipinski definition) is 2. The van der Waals surface area contributed by atoms with E-state index in [2.05, 4.69) is 0 Å². The Bertz CT molecular complexity index is 625. The molecule has 0 radical (unpaired) electrons. The number of allylic oxidation sites excluding steroid dienone is 3. The average Bonchev–Trinajstić information content (AvgIpc) is 2.53. The highest BCUT2D eigenvalue weighted by molar-refractivity contribution is 6.02. The third kappa shape index (κ3) is 5.49. The van der Waals surface area contributed by atoms with Crippen molar-refractivity contribution >= 4 is 11.9 Å². The van der Waals surface area contributed by atoms with E-state index >= 15 is 0 Å². The van der Waals surface area contributed by atoms with Crippen LogP contribution in [0.4, 0.5) is 0 Å². The van der Waals surface area contributed by atoms with Gasteiger partial charge in [0.15, 0.2) is 5.78 Å². The van der Waals surface area contributed by atoms with Gasteiger partial charge in [0.05, 0.1) is 5.76 Å². The van der Waals surface area contributed by atoms with Crippen LogP contribution in [-0.4, -0.2) is 10.9 Å². The lowest BCUT2D eigenvalue weighted by Crippen LogP contribution is -1.93. The molecule has 0 amide bonds. The molecule has 0 heterocycles. The SMILES string of the molecule is O=C(/C=C(\O)CCc1ccccc1)/C=C/c1ccccc1. The van der Waals surface area contributed by atoms with E-state index in [9.17, 15) is 9.90 Å². The molecule has 0 atom stereocenters. The lowest BCUT2D eigenvalue weighted by molar-refractivity contribution is -0.110. The van der Waals surface area contributed by atoms with Gasteiger partial charge in [0.2, 0.25) is 0 Å². The molecule has 0 saturated heterocycles. The van der Waals surface area contributed by atoms with Gasteiger partial charge in [0.25, 0.3) is 0 Å². The number of carbonyl (C=O) groups excluding carboxylic acids is 1. The van der Waals surface area contributed by atoms with Crippen molar-refractivity contribution in [2.24, 2.45) is 0 Å². The van der Waals surface area contributed by atoms with Crippen LogP contribution in [0, 0.1) is 0 Å². The van der Waals surface area contributed by atoms with Gasteiger partial charge in [-0.2, -0.15) is 0 Å². The molecule has 2 nitrogen and oxygen atoms in total. The number of aryl methyl sites for hydroxylation is 1. The number of aliphatic hydroxyl groups excluding tert-OH is 1. The van der Waals surface area contributed by atoms with Crippen LogP contribution in [-0.2, 0) is 11.2 Å². The Kier molecular flexibility index (Phi) is 5.53. The second-order valence-electron chi connectivity index (χ2n) is 4.77. The Morgan fingerprint density at radius 1 is 0.952 bits per heavy atom.